The predicted octanol–water partition coefficient (Wildman–Crippen LogP) is 4.45. The van der Waals surface area contributed by atoms with Crippen molar-refractivity contribution >= 4 is 34.8 Å². The molecule has 0 aliphatic heterocycles. The van der Waals surface area contributed by atoms with E-state index in [9.17, 15) is 0 Å². The maximum atomic E-state index is 5.58. The first kappa shape index (κ1) is 10.8. The van der Waals surface area contributed by atoms with E-state index in [0.29, 0.717) is 15.1 Å². The number of halogens is 3. The first-order chi connectivity index (χ1) is 5.18. The average molecular weight is 210 g/mol. The van der Waals surface area contributed by atoms with Gasteiger partial charge in [-0.3, -0.25) is 0 Å². The summed E-state index contributed by atoms with van der Waals surface area (Å²) in [6, 6.07) is 4.90. The molecule has 1 aromatic carbocycles. The lowest BCUT2D eigenvalue weighted by molar-refractivity contribution is 1.70. The molecule has 0 unspecified atom stereocenters. The highest BCUT2D eigenvalue weighted by atomic mass is 35.5. The van der Waals surface area contributed by atoms with Crippen LogP contribution in [0.2, 0.25) is 15.1 Å². The molecular weight excluding hydrogens is 202 g/mol. The maximum absolute atomic E-state index is 5.58. The van der Waals surface area contributed by atoms with E-state index in [1.54, 1.807) is 18.2 Å². The summed E-state index contributed by atoms with van der Waals surface area (Å²) in [6.45, 7) is 6.00. The van der Waals surface area contributed by atoms with Gasteiger partial charge in [0, 0.05) is 15.1 Å². The van der Waals surface area contributed by atoms with Crippen molar-refractivity contribution in [3.63, 3.8) is 0 Å². The largest absolute Gasteiger partial charge is 0.106 e. The van der Waals surface area contributed by atoms with Gasteiger partial charge in [-0.25, -0.2) is 0 Å². The molecule has 0 radical (unpaired) electrons. The predicted molar refractivity (Wildman–Crippen MR) is 52.7 cm³/mol. The molecule has 0 aliphatic carbocycles. The Morgan fingerprint density at radius 3 is 1.09 bits per heavy atom. The molecule has 0 saturated heterocycles. The molecule has 0 amide bonds. The van der Waals surface area contributed by atoms with E-state index in [1.165, 1.54) is 0 Å². The minimum atomic E-state index is 0.563. The third-order valence-electron chi connectivity index (χ3n) is 0.827. The van der Waals surface area contributed by atoms with Crippen LogP contribution in [0, 0.1) is 0 Å². The van der Waals surface area contributed by atoms with E-state index in [2.05, 4.69) is 13.2 Å². The minimum absolute atomic E-state index is 0.563. The van der Waals surface area contributed by atoms with Crippen molar-refractivity contribution in [1.29, 1.82) is 0 Å². The molecule has 0 fully saturated rings. The van der Waals surface area contributed by atoms with E-state index in [0.717, 1.165) is 0 Å². The Balaban J connectivity index is 0.000000461. The molecule has 11 heavy (non-hydrogen) atoms. The second-order valence-corrected chi connectivity index (χ2v) is 2.90. The third kappa shape index (κ3) is 4.31. The van der Waals surface area contributed by atoms with Gasteiger partial charge in [0.15, 0.2) is 0 Å². The normalized spacial score (nSPS) is 8.27. The first-order valence-corrected chi connectivity index (χ1v) is 3.93. The Morgan fingerprint density at radius 2 is 0.909 bits per heavy atom. The highest BCUT2D eigenvalue weighted by Crippen LogP contribution is 2.21. The van der Waals surface area contributed by atoms with Crippen molar-refractivity contribution in [2.75, 3.05) is 0 Å². The lowest BCUT2D eigenvalue weighted by atomic mass is 10.4. The second-order valence-electron chi connectivity index (χ2n) is 1.59. The van der Waals surface area contributed by atoms with Crippen LogP contribution >= 0.6 is 34.8 Å². The fourth-order valence-electron chi connectivity index (χ4n) is 0.520. The molecule has 0 aromatic heterocycles. The van der Waals surface area contributed by atoms with Crippen LogP contribution < -0.4 is 0 Å². The lowest BCUT2D eigenvalue weighted by Crippen LogP contribution is -1.65. The maximum Gasteiger partial charge on any atom is 0.0435 e. The van der Waals surface area contributed by atoms with Gasteiger partial charge in [-0.05, 0) is 18.2 Å². The minimum Gasteiger partial charge on any atom is -0.106 e. The van der Waals surface area contributed by atoms with Gasteiger partial charge in [-0.2, -0.15) is 0 Å². The number of benzene rings is 1. The molecule has 0 atom stereocenters. The molecule has 1 rings (SSSR count). The highest BCUT2D eigenvalue weighted by Gasteiger charge is 1.92. The summed E-state index contributed by atoms with van der Waals surface area (Å²) in [5.74, 6) is 0. The van der Waals surface area contributed by atoms with Crippen molar-refractivity contribution in [3.8, 4) is 0 Å². The van der Waals surface area contributed by atoms with E-state index >= 15 is 0 Å². The smallest absolute Gasteiger partial charge is 0.0435 e. The molecular formula is C8H7Cl3. The Kier molecular flexibility index (Phi) is 5.39. The quantitative estimate of drug-likeness (QED) is 0.554. The summed E-state index contributed by atoms with van der Waals surface area (Å²) < 4.78 is 0. The van der Waals surface area contributed by atoms with Gasteiger partial charge in [0.1, 0.15) is 0 Å². The topological polar surface area (TPSA) is 0 Å². The molecule has 0 bridgehead atoms. The van der Waals surface area contributed by atoms with Crippen LogP contribution in [-0.2, 0) is 0 Å². The van der Waals surface area contributed by atoms with Gasteiger partial charge in [0.05, 0.1) is 0 Å². The van der Waals surface area contributed by atoms with Gasteiger partial charge in [0.2, 0.25) is 0 Å². The van der Waals surface area contributed by atoms with Crippen molar-refractivity contribution in [2.24, 2.45) is 0 Å². The zero-order valence-electron chi connectivity index (χ0n) is 5.78. The summed E-state index contributed by atoms with van der Waals surface area (Å²) in [4.78, 5) is 0. The molecule has 0 heterocycles. The van der Waals surface area contributed by atoms with Gasteiger partial charge in [-0.15, -0.1) is 13.2 Å². The van der Waals surface area contributed by atoms with E-state index in [1.807, 2.05) is 0 Å². The fourth-order valence-corrected chi connectivity index (χ4v) is 1.39. The molecule has 0 nitrogen and oxygen atoms in total. The van der Waals surface area contributed by atoms with Crippen molar-refractivity contribution in [1.82, 2.24) is 0 Å². The Hall–Kier alpha value is -0.170. The average Bonchev–Trinajstić information content (AvgIpc) is 1.88. The number of hydrogen-bond donors (Lipinski definition) is 0. The van der Waals surface area contributed by atoms with Crippen molar-refractivity contribution in [2.45, 2.75) is 0 Å². The van der Waals surface area contributed by atoms with Crippen LogP contribution in [0.15, 0.2) is 31.4 Å². The van der Waals surface area contributed by atoms with Gasteiger partial charge in [0.25, 0.3) is 0 Å². The molecule has 0 N–H and O–H groups in total. The molecule has 0 spiro atoms. The lowest BCUT2D eigenvalue weighted by Gasteiger charge is -1.91. The molecule has 0 aliphatic rings. The first-order valence-electron chi connectivity index (χ1n) is 2.80. The third-order valence-corrected chi connectivity index (χ3v) is 1.48. The van der Waals surface area contributed by atoms with Crippen molar-refractivity contribution < 1.29 is 0 Å². The summed E-state index contributed by atoms with van der Waals surface area (Å²) >= 11 is 16.7. The van der Waals surface area contributed by atoms with E-state index in [4.69, 9.17) is 34.8 Å². The summed E-state index contributed by atoms with van der Waals surface area (Å²) in [6.07, 6.45) is 0. The Morgan fingerprint density at radius 1 is 0.727 bits per heavy atom. The van der Waals surface area contributed by atoms with Gasteiger partial charge >= 0.3 is 0 Å². The fraction of sp³-hybridized carbons (Fsp3) is 0. The number of hydrogen-bond acceptors (Lipinski definition) is 0. The Labute approximate surface area is 81.4 Å². The van der Waals surface area contributed by atoms with Crippen LogP contribution in [0.4, 0.5) is 0 Å². The summed E-state index contributed by atoms with van der Waals surface area (Å²) in [5.41, 5.74) is 0. The van der Waals surface area contributed by atoms with Crippen molar-refractivity contribution in [3.05, 3.63) is 46.4 Å². The molecule has 60 valence electrons. The SMILES string of the molecule is C=C.Clc1cc(Cl)cc(Cl)c1. The zero-order chi connectivity index (χ0) is 8.85. The standard InChI is InChI=1S/C6H3Cl3.C2H4/c7-4-1-5(8)3-6(9)2-4;1-2/h1-3H;1-2H2. The second kappa shape index (κ2) is 5.48. The van der Waals surface area contributed by atoms with Gasteiger partial charge in [-0.1, -0.05) is 34.8 Å². The van der Waals surface area contributed by atoms with Gasteiger partial charge < -0.3 is 0 Å². The van der Waals surface area contributed by atoms with Crippen LogP contribution in [0.1, 0.15) is 0 Å². The molecule has 0 saturated carbocycles. The Bertz CT molecular complexity index is 182. The molecule has 1 aromatic rings. The van der Waals surface area contributed by atoms with Crippen LogP contribution in [0.25, 0.3) is 0 Å². The van der Waals surface area contributed by atoms with Crippen LogP contribution in [-0.4, -0.2) is 0 Å². The highest BCUT2D eigenvalue weighted by molar-refractivity contribution is 6.38. The molecule has 3 heteroatoms. The van der Waals surface area contributed by atoms with Crippen LogP contribution in [0.5, 0.6) is 0 Å². The summed E-state index contributed by atoms with van der Waals surface area (Å²) in [7, 11) is 0. The van der Waals surface area contributed by atoms with Crippen LogP contribution in [0.3, 0.4) is 0 Å². The zero-order valence-corrected chi connectivity index (χ0v) is 8.05. The van der Waals surface area contributed by atoms with E-state index < -0.39 is 0 Å². The summed E-state index contributed by atoms with van der Waals surface area (Å²) in [5, 5.41) is 1.69. The number of rotatable bonds is 0. The monoisotopic (exact) mass is 208 g/mol. The van der Waals surface area contributed by atoms with E-state index in [-0.39, 0.29) is 0 Å².